The average molecular weight is 515 g/mol. The fourth-order valence-corrected chi connectivity index (χ4v) is 7.71. The van der Waals surface area contributed by atoms with Gasteiger partial charge in [0.25, 0.3) is 0 Å². The molecular formula is C22H30N2O8S2. The Morgan fingerprint density at radius 1 is 0.647 bits per heavy atom. The Hall–Kier alpha value is -2.54. The van der Waals surface area contributed by atoms with E-state index in [1.165, 1.54) is 61.3 Å². The van der Waals surface area contributed by atoms with E-state index < -0.39 is 32.1 Å². The molecule has 0 aliphatic carbocycles. The van der Waals surface area contributed by atoms with Crippen molar-refractivity contribution < 1.29 is 35.8 Å². The molecule has 2 atom stereocenters. The summed E-state index contributed by atoms with van der Waals surface area (Å²) in [7, 11) is -2.37. The summed E-state index contributed by atoms with van der Waals surface area (Å²) in [6, 6.07) is 7.76. The monoisotopic (exact) mass is 514 g/mol. The third kappa shape index (κ3) is 4.67. The van der Waals surface area contributed by atoms with Crippen molar-refractivity contribution in [3.63, 3.8) is 0 Å². The van der Waals surface area contributed by atoms with E-state index in [1.54, 1.807) is 26.0 Å². The van der Waals surface area contributed by atoms with E-state index in [-0.39, 0.29) is 34.4 Å². The molecule has 0 bridgehead atoms. The summed E-state index contributed by atoms with van der Waals surface area (Å²) in [5.41, 5.74) is 0. The van der Waals surface area contributed by atoms with E-state index in [1.807, 2.05) is 0 Å². The lowest BCUT2D eigenvalue weighted by Gasteiger charge is -2.42. The van der Waals surface area contributed by atoms with Crippen molar-refractivity contribution in [2.75, 3.05) is 41.5 Å². The van der Waals surface area contributed by atoms with Gasteiger partial charge in [-0.05, 0) is 38.1 Å². The molecule has 34 heavy (non-hydrogen) atoms. The van der Waals surface area contributed by atoms with Gasteiger partial charge in [-0.25, -0.2) is 16.8 Å². The minimum absolute atomic E-state index is 0.0424. The van der Waals surface area contributed by atoms with Crippen molar-refractivity contribution in [1.82, 2.24) is 8.61 Å². The summed E-state index contributed by atoms with van der Waals surface area (Å²) < 4.78 is 77.9. The molecule has 1 fully saturated rings. The highest BCUT2D eigenvalue weighted by Gasteiger charge is 2.43. The van der Waals surface area contributed by atoms with Gasteiger partial charge in [0.2, 0.25) is 20.0 Å². The Morgan fingerprint density at radius 2 is 1.00 bits per heavy atom. The highest BCUT2D eigenvalue weighted by molar-refractivity contribution is 7.89. The molecule has 1 saturated heterocycles. The van der Waals surface area contributed by atoms with Gasteiger partial charge in [0.05, 0.1) is 28.4 Å². The number of piperazine rings is 1. The summed E-state index contributed by atoms with van der Waals surface area (Å²) >= 11 is 0. The van der Waals surface area contributed by atoms with Gasteiger partial charge in [0.1, 0.15) is 32.8 Å². The minimum Gasteiger partial charge on any atom is -0.497 e. The van der Waals surface area contributed by atoms with Crippen LogP contribution in [0.15, 0.2) is 46.2 Å². The lowest BCUT2D eigenvalue weighted by atomic mass is 10.2. The van der Waals surface area contributed by atoms with Gasteiger partial charge in [-0.1, -0.05) is 0 Å². The fraction of sp³-hybridized carbons (Fsp3) is 0.455. The second kappa shape index (κ2) is 9.98. The number of rotatable bonds is 8. The molecule has 188 valence electrons. The molecule has 0 aromatic heterocycles. The molecule has 0 spiro atoms. The first-order valence-corrected chi connectivity index (χ1v) is 13.4. The van der Waals surface area contributed by atoms with Crippen molar-refractivity contribution in [2.45, 2.75) is 35.7 Å². The van der Waals surface area contributed by atoms with E-state index in [0.717, 1.165) is 0 Å². The molecule has 0 unspecified atom stereocenters. The normalized spacial score (nSPS) is 20.1. The summed E-state index contributed by atoms with van der Waals surface area (Å²) in [5.74, 6) is 1.09. The quantitative estimate of drug-likeness (QED) is 0.527. The molecule has 0 radical (unpaired) electrons. The van der Waals surface area contributed by atoms with Crippen LogP contribution in [0.3, 0.4) is 0 Å². The predicted molar refractivity (Wildman–Crippen MR) is 126 cm³/mol. The van der Waals surface area contributed by atoms with Crippen LogP contribution in [0.25, 0.3) is 0 Å². The lowest BCUT2D eigenvalue weighted by molar-refractivity contribution is 0.163. The topological polar surface area (TPSA) is 112 Å². The van der Waals surface area contributed by atoms with Crippen LogP contribution in [0.4, 0.5) is 0 Å². The second-order valence-corrected chi connectivity index (χ2v) is 11.6. The van der Waals surface area contributed by atoms with Crippen molar-refractivity contribution >= 4 is 20.0 Å². The van der Waals surface area contributed by atoms with E-state index in [2.05, 4.69) is 0 Å². The van der Waals surface area contributed by atoms with Gasteiger partial charge in [0, 0.05) is 37.3 Å². The summed E-state index contributed by atoms with van der Waals surface area (Å²) in [6.07, 6.45) is 0. The molecular weight excluding hydrogens is 484 g/mol. The van der Waals surface area contributed by atoms with E-state index in [0.29, 0.717) is 11.5 Å². The van der Waals surface area contributed by atoms with Crippen LogP contribution < -0.4 is 18.9 Å². The van der Waals surface area contributed by atoms with Gasteiger partial charge < -0.3 is 18.9 Å². The number of benzene rings is 2. The Balaban J connectivity index is 1.98. The Morgan fingerprint density at radius 3 is 1.29 bits per heavy atom. The van der Waals surface area contributed by atoms with Gasteiger partial charge in [-0.2, -0.15) is 8.61 Å². The van der Waals surface area contributed by atoms with Crippen LogP contribution in [-0.4, -0.2) is 79.1 Å². The number of sulfonamides is 2. The van der Waals surface area contributed by atoms with Gasteiger partial charge in [-0.15, -0.1) is 0 Å². The van der Waals surface area contributed by atoms with Crippen LogP contribution in [0.1, 0.15) is 13.8 Å². The van der Waals surface area contributed by atoms with E-state index in [4.69, 9.17) is 18.9 Å². The third-order valence-electron chi connectivity index (χ3n) is 5.79. The van der Waals surface area contributed by atoms with E-state index in [9.17, 15) is 16.8 Å². The Bertz CT molecular complexity index is 1150. The molecule has 2 aromatic carbocycles. The first-order valence-electron chi connectivity index (χ1n) is 10.5. The zero-order valence-electron chi connectivity index (χ0n) is 20.0. The molecule has 0 N–H and O–H groups in total. The maximum Gasteiger partial charge on any atom is 0.247 e. The van der Waals surface area contributed by atoms with Crippen LogP contribution in [0.2, 0.25) is 0 Å². The fourth-order valence-electron chi connectivity index (χ4n) is 3.96. The van der Waals surface area contributed by atoms with Crippen LogP contribution in [0, 0.1) is 0 Å². The molecule has 0 saturated carbocycles. The molecule has 10 nitrogen and oxygen atoms in total. The van der Waals surface area contributed by atoms with E-state index >= 15 is 0 Å². The molecule has 0 amide bonds. The van der Waals surface area contributed by atoms with Crippen LogP contribution >= 0.6 is 0 Å². The van der Waals surface area contributed by atoms with Gasteiger partial charge in [0.15, 0.2) is 0 Å². The van der Waals surface area contributed by atoms with Crippen LogP contribution in [-0.2, 0) is 20.0 Å². The molecule has 1 heterocycles. The molecule has 12 heteroatoms. The largest absolute Gasteiger partial charge is 0.497 e. The zero-order chi connectivity index (χ0) is 25.3. The molecule has 1 aliphatic rings. The standard InChI is InChI=1S/C22H30N2O8S2/c1-15-13-24(34(27,28)22-12-18(30-4)8-10-20(22)32-6)16(2)14-23(15)33(25,26)21-11-17(29-3)7-9-19(21)31-5/h7-12,15-16H,13-14H2,1-6H3/t15-,16+. The van der Waals surface area contributed by atoms with Gasteiger partial charge in [-0.3, -0.25) is 0 Å². The smallest absolute Gasteiger partial charge is 0.247 e. The first-order chi connectivity index (χ1) is 16.0. The maximum atomic E-state index is 13.6. The predicted octanol–water partition coefficient (Wildman–Crippen LogP) is 2.19. The highest BCUT2D eigenvalue weighted by atomic mass is 32.2. The van der Waals surface area contributed by atoms with Crippen molar-refractivity contribution in [3.8, 4) is 23.0 Å². The third-order valence-corrected chi connectivity index (χ3v) is 9.79. The lowest BCUT2D eigenvalue weighted by Crippen LogP contribution is -2.59. The Kier molecular flexibility index (Phi) is 7.65. The van der Waals surface area contributed by atoms with Crippen molar-refractivity contribution in [1.29, 1.82) is 0 Å². The number of methoxy groups -OCH3 is 4. The number of ether oxygens (including phenoxy) is 4. The second-order valence-electron chi connectivity index (χ2n) is 7.88. The van der Waals surface area contributed by atoms with Gasteiger partial charge >= 0.3 is 0 Å². The summed E-state index contributed by atoms with van der Waals surface area (Å²) in [6.45, 7) is 3.24. The molecule has 1 aliphatic heterocycles. The average Bonchev–Trinajstić information content (AvgIpc) is 2.83. The number of nitrogens with zero attached hydrogens (tertiary/aromatic N) is 2. The zero-order valence-corrected chi connectivity index (χ0v) is 21.6. The number of hydrogen-bond acceptors (Lipinski definition) is 8. The Labute approximate surface area is 201 Å². The molecule has 2 aromatic rings. The SMILES string of the molecule is COc1ccc(OC)c(S(=O)(=O)N2C[C@H](C)N(S(=O)(=O)c3cc(OC)ccc3OC)C[C@H]2C)c1. The summed E-state index contributed by atoms with van der Waals surface area (Å²) in [5, 5.41) is 0. The van der Waals surface area contributed by atoms with Crippen molar-refractivity contribution in [2.24, 2.45) is 0 Å². The maximum absolute atomic E-state index is 13.6. The first kappa shape index (κ1) is 26.1. The minimum atomic E-state index is -4.01. The number of hydrogen-bond donors (Lipinski definition) is 0. The van der Waals surface area contributed by atoms with Crippen molar-refractivity contribution in [3.05, 3.63) is 36.4 Å². The molecule has 3 rings (SSSR count). The van der Waals surface area contributed by atoms with Crippen LogP contribution in [0.5, 0.6) is 23.0 Å². The summed E-state index contributed by atoms with van der Waals surface area (Å²) in [4.78, 5) is -0.0849. The highest BCUT2D eigenvalue weighted by Crippen LogP contribution is 2.36.